The second kappa shape index (κ2) is 14.8. The summed E-state index contributed by atoms with van der Waals surface area (Å²) in [7, 11) is 0. The molecule has 350 valence electrons. The fourth-order valence-corrected chi connectivity index (χ4v) is 12.1. The first kappa shape index (κ1) is 42.9. The van der Waals surface area contributed by atoms with Crippen LogP contribution in [0.1, 0.15) is 79.0 Å². The Hall–Kier alpha value is -7.96. The molecule has 12 aromatic rings. The maximum absolute atomic E-state index is 7.34. The van der Waals surface area contributed by atoms with Gasteiger partial charge in [0, 0.05) is 83.6 Å². The van der Waals surface area contributed by atoms with Crippen molar-refractivity contribution in [3.8, 4) is 16.8 Å². The van der Waals surface area contributed by atoms with Crippen LogP contribution in [-0.2, 0) is 16.2 Å². The first-order valence-corrected chi connectivity index (χ1v) is 25.5. The van der Waals surface area contributed by atoms with Gasteiger partial charge in [0.1, 0.15) is 22.3 Å². The van der Waals surface area contributed by atoms with Crippen LogP contribution >= 0.6 is 0 Å². The molecule has 0 N–H and O–H groups in total. The third-order valence-corrected chi connectivity index (χ3v) is 15.8. The summed E-state index contributed by atoms with van der Waals surface area (Å²) in [6.45, 7) is 20.6. The molecular weight excluding hydrogens is 878 g/mol. The van der Waals surface area contributed by atoms with Crippen molar-refractivity contribution in [2.75, 3.05) is 9.71 Å². The number of para-hydroxylation sites is 3. The van der Waals surface area contributed by atoms with Crippen LogP contribution in [0, 0.1) is 0 Å². The second-order valence-corrected chi connectivity index (χ2v) is 23.4. The van der Waals surface area contributed by atoms with E-state index in [0.29, 0.717) is 0 Å². The molecule has 5 heterocycles. The molecule has 0 saturated heterocycles. The zero-order valence-corrected chi connectivity index (χ0v) is 42.5. The van der Waals surface area contributed by atoms with Gasteiger partial charge in [-0.15, -0.1) is 0 Å². The number of benzene rings is 9. The number of hydrogen-bond donors (Lipinski definition) is 0. The normalized spacial score (nSPS) is 13.6. The summed E-state index contributed by atoms with van der Waals surface area (Å²) in [6.07, 6.45) is 0. The van der Waals surface area contributed by atoms with Crippen LogP contribution in [0.5, 0.6) is 0 Å². The Balaban J connectivity index is 1.14. The van der Waals surface area contributed by atoms with E-state index in [2.05, 4.69) is 253 Å². The topological polar surface area (TPSA) is 37.7 Å². The standard InChI is InChI=1S/C66H56BN3O2/c1-64(2,3)39-24-28-44(29-25-39)70-54-37-48-46-31-30-45(68(42-18-12-10-13-19-42)43-20-14-11-15-21-43)36-56(46)71-57(48)38-50(54)60-61-62-58(59-47-22-16-17-23-55(47)72-63(59)60)49-34-40(65(4,5)6)26-32-52(49)69(62)53-33-27-41(66(7,8)9)35-51(53)67(61)70/h10-38H,1-9H3. The highest BCUT2D eigenvalue weighted by Gasteiger charge is 2.47. The zero-order valence-electron chi connectivity index (χ0n) is 42.5. The van der Waals surface area contributed by atoms with Gasteiger partial charge in [0.2, 0.25) is 0 Å². The van der Waals surface area contributed by atoms with Crippen molar-refractivity contribution in [3.05, 3.63) is 193 Å². The molecule has 0 saturated carbocycles. The zero-order chi connectivity index (χ0) is 49.2. The largest absolute Gasteiger partial charge is 0.456 e. The average Bonchev–Trinajstić information content (AvgIpc) is 4.04. The second-order valence-electron chi connectivity index (χ2n) is 23.4. The number of furan rings is 2. The van der Waals surface area contributed by atoms with Gasteiger partial charge in [-0.2, -0.15) is 0 Å². The fraction of sp³-hybridized carbons (Fsp3) is 0.182. The van der Waals surface area contributed by atoms with E-state index in [4.69, 9.17) is 8.83 Å². The predicted molar refractivity (Wildman–Crippen MR) is 305 cm³/mol. The molecule has 0 bridgehead atoms. The molecular formula is C66H56BN3O2. The Kier molecular flexibility index (Phi) is 8.82. The molecule has 0 unspecified atom stereocenters. The maximum Gasteiger partial charge on any atom is 0.333 e. The summed E-state index contributed by atoms with van der Waals surface area (Å²) >= 11 is 0. The van der Waals surface area contributed by atoms with Crippen LogP contribution in [0.2, 0.25) is 0 Å². The lowest BCUT2D eigenvalue weighted by Gasteiger charge is -2.42. The lowest BCUT2D eigenvalue weighted by Crippen LogP contribution is -2.60. The minimum Gasteiger partial charge on any atom is -0.456 e. The van der Waals surface area contributed by atoms with Crippen molar-refractivity contribution in [3.63, 3.8) is 0 Å². The highest BCUT2D eigenvalue weighted by molar-refractivity contribution is 6.94. The Morgan fingerprint density at radius 2 is 1.07 bits per heavy atom. The summed E-state index contributed by atoms with van der Waals surface area (Å²) in [4.78, 5) is 4.94. The van der Waals surface area contributed by atoms with Gasteiger partial charge in [-0.05, 0) is 129 Å². The molecule has 0 fully saturated rings. The molecule has 0 aliphatic carbocycles. The van der Waals surface area contributed by atoms with E-state index in [-0.39, 0.29) is 23.1 Å². The lowest BCUT2D eigenvalue weighted by atomic mass is 9.43. The molecule has 0 atom stereocenters. The number of fused-ring (bicyclic) bond motifs is 16. The number of anilines is 5. The van der Waals surface area contributed by atoms with Gasteiger partial charge in [0.15, 0.2) is 0 Å². The number of aromatic nitrogens is 1. The Morgan fingerprint density at radius 3 is 1.76 bits per heavy atom. The molecule has 5 nitrogen and oxygen atoms in total. The molecule has 72 heavy (non-hydrogen) atoms. The molecule has 9 aromatic carbocycles. The Bertz CT molecular complexity index is 4170. The molecule has 3 aromatic heterocycles. The number of rotatable bonds is 4. The SMILES string of the molecule is CC(C)(C)c1ccc(N2B3c4cc(C(C)(C)C)ccc4-n4c5ccc(C(C)(C)C)cc5c5c6c(oc7ccccc76)c(c3c54)-c3cc4oc5cc(N(c6ccccc6)c6ccccc6)ccc5c4cc32)cc1. The van der Waals surface area contributed by atoms with Crippen molar-refractivity contribution in [2.45, 2.75) is 78.6 Å². The number of hydrogen-bond acceptors (Lipinski definition) is 4. The lowest BCUT2D eigenvalue weighted by molar-refractivity contribution is 0.590. The maximum atomic E-state index is 7.34. The van der Waals surface area contributed by atoms with Crippen LogP contribution in [0.25, 0.3) is 82.5 Å². The molecule has 0 amide bonds. The smallest absolute Gasteiger partial charge is 0.333 e. The summed E-state index contributed by atoms with van der Waals surface area (Å²) in [6, 6.07) is 65.1. The van der Waals surface area contributed by atoms with Gasteiger partial charge in [-0.1, -0.05) is 147 Å². The van der Waals surface area contributed by atoms with Crippen LogP contribution in [0.4, 0.5) is 28.4 Å². The molecule has 0 spiro atoms. The third-order valence-electron chi connectivity index (χ3n) is 15.8. The van der Waals surface area contributed by atoms with E-state index in [0.717, 1.165) is 83.4 Å². The van der Waals surface area contributed by atoms with E-state index in [9.17, 15) is 0 Å². The Morgan fingerprint density at radius 1 is 0.444 bits per heavy atom. The van der Waals surface area contributed by atoms with E-state index < -0.39 is 0 Å². The average molecular weight is 934 g/mol. The van der Waals surface area contributed by atoms with Gasteiger partial charge in [0.05, 0.1) is 11.0 Å². The molecule has 0 radical (unpaired) electrons. The minimum atomic E-state index is -0.197. The molecule has 2 aliphatic rings. The van der Waals surface area contributed by atoms with Crippen LogP contribution in [0.15, 0.2) is 185 Å². The van der Waals surface area contributed by atoms with E-state index in [1.165, 1.54) is 55.1 Å². The quantitative estimate of drug-likeness (QED) is 0.165. The van der Waals surface area contributed by atoms with Crippen molar-refractivity contribution in [1.82, 2.24) is 4.57 Å². The number of nitrogens with zero attached hydrogens (tertiary/aromatic N) is 3. The van der Waals surface area contributed by atoms with Crippen LogP contribution < -0.4 is 20.6 Å². The monoisotopic (exact) mass is 933 g/mol. The van der Waals surface area contributed by atoms with Gasteiger partial charge >= 0.3 is 6.85 Å². The Labute approximate surface area is 421 Å². The summed E-state index contributed by atoms with van der Waals surface area (Å²) in [5.74, 6) is 0. The van der Waals surface area contributed by atoms with Gasteiger partial charge in [-0.3, -0.25) is 0 Å². The minimum absolute atomic E-state index is 0.00673. The molecule has 2 aliphatic heterocycles. The van der Waals surface area contributed by atoms with Gasteiger partial charge in [-0.25, -0.2) is 0 Å². The highest BCUT2D eigenvalue weighted by Crippen LogP contribution is 2.53. The summed E-state index contributed by atoms with van der Waals surface area (Å²) in [5, 5.41) is 6.93. The fourth-order valence-electron chi connectivity index (χ4n) is 12.1. The van der Waals surface area contributed by atoms with E-state index in [1.807, 2.05) is 0 Å². The van der Waals surface area contributed by atoms with E-state index in [1.54, 1.807) is 0 Å². The third kappa shape index (κ3) is 6.14. The highest BCUT2D eigenvalue weighted by atomic mass is 16.3. The van der Waals surface area contributed by atoms with Crippen molar-refractivity contribution < 1.29 is 8.83 Å². The summed E-state index contributed by atoms with van der Waals surface area (Å²) < 4.78 is 17.1. The first-order valence-electron chi connectivity index (χ1n) is 25.5. The molecule has 14 rings (SSSR count). The van der Waals surface area contributed by atoms with Gasteiger partial charge < -0.3 is 23.1 Å². The van der Waals surface area contributed by atoms with Crippen LogP contribution in [-0.4, -0.2) is 11.4 Å². The van der Waals surface area contributed by atoms with Crippen molar-refractivity contribution in [2.24, 2.45) is 0 Å². The summed E-state index contributed by atoms with van der Waals surface area (Å²) in [5.41, 5.74) is 21.1. The van der Waals surface area contributed by atoms with Crippen LogP contribution in [0.3, 0.4) is 0 Å². The molecule has 6 heteroatoms. The van der Waals surface area contributed by atoms with Crippen molar-refractivity contribution >= 4 is 112 Å². The van der Waals surface area contributed by atoms with Crippen molar-refractivity contribution in [1.29, 1.82) is 0 Å². The predicted octanol–water partition coefficient (Wildman–Crippen LogP) is 17.2. The van der Waals surface area contributed by atoms with E-state index >= 15 is 0 Å². The van der Waals surface area contributed by atoms with Gasteiger partial charge in [0.25, 0.3) is 0 Å². The first-order chi connectivity index (χ1) is 34.6.